The maximum Gasteiger partial charge on any atom is 0.270 e. The largest absolute Gasteiger partial charge is 0.310 e. The highest BCUT2D eigenvalue weighted by Gasteiger charge is 2.35. The van der Waals surface area contributed by atoms with Crippen molar-refractivity contribution in [3.63, 3.8) is 0 Å². The summed E-state index contributed by atoms with van der Waals surface area (Å²) in [4.78, 5) is 10.2. The number of benzene rings is 1. The molecule has 0 saturated carbocycles. The molecule has 0 aromatic heterocycles. The zero-order chi connectivity index (χ0) is 15.0. The molecule has 3 rings (SSSR count). The van der Waals surface area contributed by atoms with Crippen LogP contribution in [-0.4, -0.2) is 42.8 Å². The van der Waals surface area contributed by atoms with E-state index in [1.165, 1.54) is 22.5 Å². The second-order valence-electron chi connectivity index (χ2n) is 5.54. The fourth-order valence-electron chi connectivity index (χ4n) is 3.04. The number of nitrogens with one attached hydrogen (secondary N) is 1. The standard InChI is InChI=1S/C13H17N3O4S.ClH/c17-16(18)12-2-1-3-13(8-12)21(19,20)15-7-6-10-4-5-11(9-15)14-10;/h1-3,8,10-11,14H,4-7,9H2;1H. The highest BCUT2D eigenvalue weighted by Crippen LogP contribution is 2.26. The summed E-state index contributed by atoms with van der Waals surface area (Å²) >= 11 is 0. The summed E-state index contributed by atoms with van der Waals surface area (Å²) in [6, 6.07) is 5.83. The van der Waals surface area contributed by atoms with Crippen LogP contribution < -0.4 is 5.32 Å². The van der Waals surface area contributed by atoms with E-state index in [9.17, 15) is 18.5 Å². The number of sulfonamides is 1. The topological polar surface area (TPSA) is 92.5 Å². The Labute approximate surface area is 135 Å². The van der Waals surface area contributed by atoms with Crippen molar-refractivity contribution in [1.82, 2.24) is 9.62 Å². The van der Waals surface area contributed by atoms with E-state index in [0.717, 1.165) is 25.3 Å². The predicted octanol–water partition coefficient (Wildman–Crippen LogP) is 1.53. The van der Waals surface area contributed by atoms with Crippen LogP contribution in [0.15, 0.2) is 29.2 Å². The van der Waals surface area contributed by atoms with E-state index in [2.05, 4.69) is 5.32 Å². The number of hydrogen-bond acceptors (Lipinski definition) is 5. The van der Waals surface area contributed by atoms with E-state index in [-0.39, 0.29) is 29.0 Å². The minimum absolute atomic E-state index is 0. The Morgan fingerprint density at radius 3 is 2.68 bits per heavy atom. The van der Waals surface area contributed by atoms with E-state index in [1.807, 2.05) is 0 Å². The first-order chi connectivity index (χ1) is 9.96. The first kappa shape index (κ1) is 17.1. The van der Waals surface area contributed by atoms with E-state index in [4.69, 9.17) is 0 Å². The number of nitrogens with zero attached hydrogens (tertiary/aromatic N) is 2. The maximum atomic E-state index is 12.7. The minimum atomic E-state index is -3.67. The summed E-state index contributed by atoms with van der Waals surface area (Å²) in [5.74, 6) is 0. The Hall–Kier alpha value is -1.22. The van der Waals surface area contributed by atoms with Crippen LogP contribution >= 0.6 is 12.4 Å². The third-order valence-corrected chi connectivity index (χ3v) is 6.01. The molecule has 0 spiro atoms. The van der Waals surface area contributed by atoms with Gasteiger partial charge in [-0.2, -0.15) is 4.31 Å². The first-order valence-corrected chi connectivity index (χ1v) is 8.41. The van der Waals surface area contributed by atoms with Crippen LogP contribution in [0.25, 0.3) is 0 Å². The van der Waals surface area contributed by atoms with E-state index < -0.39 is 14.9 Å². The van der Waals surface area contributed by atoms with Gasteiger partial charge in [0.25, 0.3) is 5.69 Å². The van der Waals surface area contributed by atoms with Crippen molar-refractivity contribution >= 4 is 28.1 Å². The molecule has 122 valence electrons. The molecule has 0 radical (unpaired) electrons. The Morgan fingerprint density at radius 2 is 1.95 bits per heavy atom. The van der Waals surface area contributed by atoms with Gasteiger partial charge in [0.15, 0.2) is 0 Å². The molecule has 2 atom stereocenters. The van der Waals surface area contributed by atoms with Gasteiger partial charge >= 0.3 is 0 Å². The fraction of sp³-hybridized carbons (Fsp3) is 0.538. The third kappa shape index (κ3) is 3.24. The van der Waals surface area contributed by atoms with E-state index in [0.29, 0.717) is 19.1 Å². The SMILES string of the molecule is Cl.O=[N+]([O-])c1cccc(S(=O)(=O)N2CCC3CCC(C2)N3)c1. The number of hydrogen-bond donors (Lipinski definition) is 1. The van der Waals surface area contributed by atoms with Crippen molar-refractivity contribution in [3.8, 4) is 0 Å². The smallest absolute Gasteiger partial charge is 0.270 e. The second kappa shape index (κ2) is 6.49. The number of nitro groups is 1. The summed E-state index contributed by atoms with van der Waals surface area (Å²) in [6.07, 6.45) is 2.85. The van der Waals surface area contributed by atoms with Crippen molar-refractivity contribution in [3.05, 3.63) is 34.4 Å². The quantitative estimate of drug-likeness (QED) is 0.661. The predicted molar refractivity (Wildman–Crippen MR) is 83.7 cm³/mol. The van der Waals surface area contributed by atoms with Crippen LogP contribution in [0, 0.1) is 10.1 Å². The average Bonchev–Trinajstić information content (AvgIpc) is 2.77. The van der Waals surface area contributed by atoms with Gasteiger partial charge in [0.2, 0.25) is 10.0 Å². The molecule has 7 nitrogen and oxygen atoms in total. The molecule has 22 heavy (non-hydrogen) atoms. The zero-order valence-electron chi connectivity index (χ0n) is 11.8. The maximum absolute atomic E-state index is 12.7. The first-order valence-electron chi connectivity index (χ1n) is 6.97. The Morgan fingerprint density at radius 1 is 1.23 bits per heavy atom. The lowest BCUT2D eigenvalue weighted by Crippen LogP contribution is -2.39. The lowest BCUT2D eigenvalue weighted by Gasteiger charge is -2.23. The normalized spacial score (nSPS) is 25.3. The number of halogens is 1. The molecule has 2 aliphatic rings. The summed E-state index contributed by atoms with van der Waals surface area (Å²) in [5.41, 5.74) is -0.203. The molecule has 2 bridgehead atoms. The molecule has 1 aromatic carbocycles. The lowest BCUT2D eigenvalue weighted by atomic mass is 10.1. The van der Waals surface area contributed by atoms with Gasteiger partial charge in [-0.25, -0.2) is 8.42 Å². The molecule has 0 aliphatic carbocycles. The monoisotopic (exact) mass is 347 g/mol. The van der Waals surface area contributed by atoms with Gasteiger partial charge in [-0.05, 0) is 25.3 Å². The number of non-ortho nitro benzene ring substituents is 1. The number of fused-ring (bicyclic) bond motifs is 2. The summed E-state index contributed by atoms with van der Waals surface area (Å²) in [6.45, 7) is 0.890. The van der Waals surface area contributed by atoms with Crippen LogP contribution in [0.5, 0.6) is 0 Å². The van der Waals surface area contributed by atoms with Gasteiger partial charge in [-0.1, -0.05) is 6.07 Å². The highest BCUT2D eigenvalue weighted by molar-refractivity contribution is 7.89. The number of rotatable bonds is 3. The third-order valence-electron chi connectivity index (χ3n) is 4.15. The summed E-state index contributed by atoms with van der Waals surface area (Å²) < 4.78 is 26.8. The molecule has 2 saturated heterocycles. The molecule has 9 heteroatoms. The second-order valence-corrected chi connectivity index (χ2v) is 7.48. The molecule has 2 fully saturated rings. The van der Waals surface area contributed by atoms with Gasteiger partial charge in [-0.3, -0.25) is 10.1 Å². The van der Waals surface area contributed by atoms with Crippen molar-refractivity contribution in [2.45, 2.75) is 36.2 Å². The Bertz CT molecular complexity index is 667. The van der Waals surface area contributed by atoms with Crippen LogP contribution in [0.2, 0.25) is 0 Å². The molecular formula is C13H18ClN3O4S. The molecule has 2 unspecified atom stereocenters. The van der Waals surface area contributed by atoms with Crippen LogP contribution in [-0.2, 0) is 10.0 Å². The van der Waals surface area contributed by atoms with Crippen molar-refractivity contribution in [2.24, 2.45) is 0 Å². The van der Waals surface area contributed by atoms with Gasteiger partial charge in [-0.15, -0.1) is 12.4 Å². The Kier molecular flexibility index (Phi) is 5.06. The molecule has 2 heterocycles. The van der Waals surface area contributed by atoms with Gasteiger partial charge < -0.3 is 5.32 Å². The highest BCUT2D eigenvalue weighted by atomic mass is 35.5. The van der Waals surface area contributed by atoms with E-state index >= 15 is 0 Å². The lowest BCUT2D eigenvalue weighted by molar-refractivity contribution is -0.385. The zero-order valence-corrected chi connectivity index (χ0v) is 13.5. The van der Waals surface area contributed by atoms with Gasteiger partial charge in [0.05, 0.1) is 9.82 Å². The summed E-state index contributed by atoms with van der Waals surface area (Å²) in [5, 5.41) is 14.2. The van der Waals surface area contributed by atoms with Crippen molar-refractivity contribution in [1.29, 1.82) is 0 Å². The molecule has 2 aliphatic heterocycles. The average molecular weight is 348 g/mol. The van der Waals surface area contributed by atoms with Crippen molar-refractivity contribution < 1.29 is 13.3 Å². The minimum Gasteiger partial charge on any atom is -0.310 e. The van der Waals surface area contributed by atoms with Crippen LogP contribution in [0.4, 0.5) is 5.69 Å². The van der Waals surface area contributed by atoms with E-state index in [1.54, 1.807) is 0 Å². The summed E-state index contributed by atoms with van der Waals surface area (Å²) in [7, 11) is -3.67. The fourth-order valence-corrected chi connectivity index (χ4v) is 4.58. The molecule has 1 N–H and O–H groups in total. The van der Waals surface area contributed by atoms with Gasteiger partial charge in [0.1, 0.15) is 0 Å². The molecule has 1 aromatic rings. The van der Waals surface area contributed by atoms with Crippen LogP contribution in [0.1, 0.15) is 19.3 Å². The van der Waals surface area contributed by atoms with Crippen LogP contribution in [0.3, 0.4) is 0 Å². The van der Waals surface area contributed by atoms with Crippen molar-refractivity contribution in [2.75, 3.05) is 13.1 Å². The number of nitro benzene ring substituents is 1. The molecule has 0 amide bonds. The van der Waals surface area contributed by atoms with Gasteiger partial charge in [0, 0.05) is 37.3 Å². The Balaban J connectivity index is 0.00000176. The molecular weight excluding hydrogens is 330 g/mol.